The molecule has 2 aromatic carbocycles. The molecule has 7 heteroatoms. The summed E-state index contributed by atoms with van der Waals surface area (Å²) in [4.78, 5) is 10.0. The summed E-state index contributed by atoms with van der Waals surface area (Å²) in [6.45, 7) is 3.80. The first-order valence-corrected chi connectivity index (χ1v) is 10.2. The third-order valence-corrected chi connectivity index (χ3v) is 5.85. The SMILES string of the molecule is COc1ccc(-c2csc3nc(C)nc(Oc4ccc(Cl)c(C)c4)c23)cc1OC. The lowest BCUT2D eigenvalue weighted by Crippen LogP contribution is -1.95. The van der Waals surface area contributed by atoms with Crippen molar-refractivity contribution in [3.05, 3.63) is 58.2 Å². The predicted octanol–water partition coefficient (Wildman–Crippen LogP) is 6.44. The molecule has 0 unspecified atom stereocenters. The average Bonchev–Trinajstić information content (AvgIpc) is 3.14. The maximum Gasteiger partial charge on any atom is 0.231 e. The fraction of sp³-hybridized carbons (Fsp3) is 0.182. The summed E-state index contributed by atoms with van der Waals surface area (Å²) in [6.07, 6.45) is 0. The lowest BCUT2D eigenvalue weighted by Gasteiger charge is -2.11. The molecule has 0 aliphatic rings. The van der Waals surface area contributed by atoms with Crippen molar-refractivity contribution in [2.75, 3.05) is 14.2 Å². The first-order chi connectivity index (χ1) is 14.0. The number of aromatic nitrogens is 2. The second kappa shape index (κ2) is 7.89. The maximum atomic E-state index is 6.17. The minimum Gasteiger partial charge on any atom is -0.493 e. The van der Waals surface area contributed by atoms with Crippen LogP contribution in [-0.4, -0.2) is 24.2 Å². The molecule has 0 N–H and O–H groups in total. The first kappa shape index (κ1) is 19.5. The number of thiophene rings is 1. The van der Waals surface area contributed by atoms with Gasteiger partial charge in [0.2, 0.25) is 5.88 Å². The third-order valence-electron chi connectivity index (χ3n) is 4.55. The van der Waals surface area contributed by atoms with Crippen LogP contribution in [0.15, 0.2) is 41.8 Å². The van der Waals surface area contributed by atoms with E-state index in [9.17, 15) is 0 Å². The quantitative estimate of drug-likeness (QED) is 0.367. The van der Waals surface area contributed by atoms with Crippen molar-refractivity contribution in [1.29, 1.82) is 0 Å². The van der Waals surface area contributed by atoms with Crippen LogP contribution in [0, 0.1) is 13.8 Å². The van der Waals surface area contributed by atoms with Gasteiger partial charge in [-0.15, -0.1) is 11.3 Å². The van der Waals surface area contributed by atoms with Gasteiger partial charge in [0.05, 0.1) is 19.6 Å². The van der Waals surface area contributed by atoms with Crippen molar-refractivity contribution in [2.45, 2.75) is 13.8 Å². The number of nitrogens with zero attached hydrogens (tertiary/aromatic N) is 2. The number of methoxy groups -OCH3 is 2. The zero-order valence-electron chi connectivity index (χ0n) is 16.4. The van der Waals surface area contributed by atoms with Crippen molar-refractivity contribution in [1.82, 2.24) is 9.97 Å². The molecule has 4 rings (SSSR count). The van der Waals surface area contributed by atoms with Gasteiger partial charge in [0.25, 0.3) is 0 Å². The smallest absolute Gasteiger partial charge is 0.231 e. The normalized spacial score (nSPS) is 10.9. The van der Waals surface area contributed by atoms with E-state index < -0.39 is 0 Å². The van der Waals surface area contributed by atoms with E-state index in [2.05, 4.69) is 15.3 Å². The summed E-state index contributed by atoms with van der Waals surface area (Å²) < 4.78 is 17.0. The Kier molecular flexibility index (Phi) is 5.30. The fourth-order valence-electron chi connectivity index (χ4n) is 3.09. The Morgan fingerprint density at radius 3 is 2.45 bits per heavy atom. The molecule has 4 aromatic rings. The van der Waals surface area contributed by atoms with Gasteiger partial charge in [-0.1, -0.05) is 17.7 Å². The monoisotopic (exact) mass is 426 g/mol. The van der Waals surface area contributed by atoms with E-state index in [1.54, 1.807) is 25.6 Å². The molecule has 2 heterocycles. The maximum absolute atomic E-state index is 6.17. The topological polar surface area (TPSA) is 53.5 Å². The highest BCUT2D eigenvalue weighted by atomic mass is 35.5. The summed E-state index contributed by atoms with van der Waals surface area (Å²) in [6, 6.07) is 11.4. The van der Waals surface area contributed by atoms with E-state index in [4.69, 9.17) is 25.8 Å². The van der Waals surface area contributed by atoms with Crippen molar-refractivity contribution in [3.8, 4) is 34.3 Å². The van der Waals surface area contributed by atoms with E-state index in [1.807, 2.05) is 50.2 Å². The molecule has 0 atom stereocenters. The van der Waals surface area contributed by atoms with E-state index in [0.717, 1.165) is 26.9 Å². The molecule has 0 fully saturated rings. The second-order valence-corrected chi connectivity index (χ2v) is 7.75. The predicted molar refractivity (Wildman–Crippen MR) is 117 cm³/mol. The number of ether oxygens (including phenoxy) is 3. The average molecular weight is 427 g/mol. The number of aryl methyl sites for hydroxylation is 2. The van der Waals surface area contributed by atoms with Gasteiger partial charge in [0.15, 0.2) is 11.5 Å². The van der Waals surface area contributed by atoms with Crippen LogP contribution in [0.2, 0.25) is 5.02 Å². The van der Waals surface area contributed by atoms with Gasteiger partial charge in [-0.05, 0) is 55.3 Å². The van der Waals surface area contributed by atoms with Crippen LogP contribution in [0.3, 0.4) is 0 Å². The van der Waals surface area contributed by atoms with Crippen LogP contribution in [0.25, 0.3) is 21.3 Å². The molecule has 0 aliphatic carbocycles. The number of benzene rings is 2. The highest BCUT2D eigenvalue weighted by Crippen LogP contribution is 2.42. The Labute approximate surface area is 177 Å². The Morgan fingerprint density at radius 2 is 1.72 bits per heavy atom. The molecule has 0 amide bonds. The second-order valence-electron chi connectivity index (χ2n) is 6.49. The van der Waals surface area contributed by atoms with E-state index >= 15 is 0 Å². The molecule has 0 radical (unpaired) electrons. The van der Waals surface area contributed by atoms with E-state index in [-0.39, 0.29) is 0 Å². The van der Waals surface area contributed by atoms with E-state index in [1.165, 1.54) is 0 Å². The number of fused-ring (bicyclic) bond motifs is 1. The van der Waals surface area contributed by atoms with Crippen LogP contribution in [0.4, 0.5) is 0 Å². The number of hydrogen-bond donors (Lipinski definition) is 0. The zero-order chi connectivity index (χ0) is 20.5. The van der Waals surface area contributed by atoms with Crippen molar-refractivity contribution < 1.29 is 14.2 Å². The molecule has 5 nitrogen and oxygen atoms in total. The minimum absolute atomic E-state index is 0.514. The standard InChI is InChI=1S/C22H19ClN2O3S/c1-12-9-15(6-7-17(12)23)28-21-20-16(11-29-22(20)25-13(2)24-21)14-5-8-18(26-3)19(10-14)27-4/h5-11H,1-4H3. The van der Waals surface area contributed by atoms with Gasteiger partial charge in [-0.3, -0.25) is 0 Å². The number of hydrogen-bond acceptors (Lipinski definition) is 6. The van der Waals surface area contributed by atoms with Crippen LogP contribution in [0.5, 0.6) is 23.1 Å². The fourth-order valence-corrected chi connectivity index (χ4v) is 4.19. The lowest BCUT2D eigenvalue weighted by molar-refractivity contribution is 0.355. The third kappa shape index (κ3) is 3.73. The summed E-state index contributed by atoms with van der Waals surface area (Å²) in [5.74, 6) is 3.18. The summed E-state index contributed by atoms with van der Waals surface area (Å²) in [7, 11) is 3.24. The molecule has 0 bridgehead atoms. The molecule has 0 saturated heterocycles. The molecular weight excluding hydrogens is 408 g/mol. The molecular formula is C22H19ClN2O3S. The van der Waals surface area contributed by atoms with Crippen LogP contribution >= 0.6 is 22.9 Å². The molecule has 148 valence electrons. The first-order valence-electron chi connectivity index (χ1n) is 8.92. The van der Waals surface area contributed by atoms with Crippen LogP contribution < -0.4 is 14.2 Å². The summed E-state index contributed by atoms with van der Waals surface area (Å²) in [5.41, 5.74) is 2.89. The van der Waals surface area contributed by atoms with Crippen molar-refractivity contribution in [3.63, 3.8) is 0 Å². The van der Waals surface area contributed by atoms with Crippen LogP contribution in [0.1, 0.15) is 11.4 Å². The van der Waals surface area contributed by atoms with Gasteiger partial charge >= 0.3 is 0 Å². The Balaban J connectivity index is 1.86. The highest BCUT2D eigenvalue weighted by molar-refractivity contribution is 7.17. The molecule has 0 spiro atoms. The molecule has 0 saturated carbocycles. The van der Waals surface area contributed by atoms with Gasteiger partial charge in [0, 0.05) is 16.0 Å². The number of halogens is 1. The van der Waals surface area contributed by atoms with Crippen molar-refractivity contribution in [2.24, 2.45) is 0 Å². The summed E-state index contributed by atoms with van der Waals surface area (Å²) in [5, 5.41) is 3.61. The molecule has 0 aliphatic heterocycles. The minimum atomic E-state index is 0.514. The molecule has 29 heavy (non-hydrogen) atoms. The van der Waals surface area contributed by atoms with Gasteiger partial charge in [-0.25, -0.2) is 4.98 Å². The largest absolute Gasteiger partial charge is 0.493 e. The van der Waals surface area contributed by atoms with E-state index in [0.29, 0.717) is 34.0 Å². The Bertz CT molecular complexity index is 1210. The Morgan fingerprint density at radius 1 is 0.931 bits per heavy atom. The lowest BCUT2D eigenvalue weighted by atomic mass is 10.1. The van der Waals surface area contributed by atoms with Crippen molar-refractivity contribution >= 4 is 33.2 Å². The highest BCUT2D eigenvalue weighted by Gasteiger charge is 2.18. The summed E-state index contributed by atoms with van der Waals surface area (Å²) >= 11 is 7.70. The van der Waals surface area contributed by atoms with Gasteiger partial charge < -0.3 is 14.2 Å². The number of rotatable bonds is 5. The molecule has 2 aromatic heterocycles. The van der Waals surface area contributed by atoms with Crippen LogP contribution in [-0.2, 0) is 0 Å². The van der Waals surface area contributed by atoms with Gasteiger partial charge in [-0.2, -0.15) is 4.98 Å². The van der Waals surface area contributed by atoms with Gasteiger partial charge in [0.1, 0.15) is 16.4 Å². The Hall–Kier alpha value is -2.83. The zero-order valence-corrected chi connectivity index (χ0v) is 18.0.